The van der Waals surface area contributed by atoms with Crippen LogP contribution in [-0.2, 0) is 0 Å². The highest BCUT2D eigenvalue weighted by atomic mass is 16.3. The second kappa shape index (κ2) is 10.8. The zero-order valence-electron chi connectivity index (χ0n) is 9.67. The van der Waals surface area contributed by atoms with Crippen LogP contribution in [0.1, 0.15) is 64.7 Å². The maximum Gasteiger partial charge on any atom is 0.0543 e. The van der Waals surface area contributed by atoms with Crippen molar-refractivity contribution in [2.45, 2.75) is 70.8 Å². The van der Waals surface area contributed by atoms with E-state index >= 15 is 0 Å². The first-order chi connectivity index (χ1) is 6.81. The smallest absolute Gasteiger partial charge is 0.0543 e. The Balaban J connectivity index is 3.06. The Labute approximate surface area is 89.2 Å². The SMILES string of the molecule is C=CCC[C@@H](O)CCCCCCCC. The summed E-state index contributed by atoms with van der Waals surface area (Å²) in [6.07, 6.45) is 12.4. The number of rotatable bonds is 10. The zero-order valence-corrected chi connectivity index (χ0v) is 9.67. The van der Waals surface area contributed by atoms with Gasteiger partial charge < -0.3 is 5.11 Å². The fourth-order valence-corrected chi connectivity index (χ4v) is 1.61. The summed E-state index contributed by atoms with van der Waals surface area (Å²) in [5.41, 5.74) is 0. The lowest BCUT2D eigenvalue weighted by Crippen LogP contribution is -2.05. The molecule has 0 aliphatic rings. The number of hydrogen-bond donors (Lipinski definition) is 1. The zero-order chi connectivity index (χ0) is 10.6. The third-order valence-electron chi connectivity index (χ3n) is 2.59. The van der Waals surface area contributed by atoms with Gasteiger partial charge in [-0.25, -0.2) is 0 Å². The first-order valence-electron chi connectivity index (χ1n) is 6.10. The van der Waals surface area contributed by atoms with Crippen molar-refractivity contribution in [3.63, 3.8) is 0 Å². The van der Waals surface area contributed by atoms with E-state index in [-0.39, 0.29) is 6.10 Å². The van der Waals surface area contributed by atoms with Gasteiger partial charge >= 0.3 is 0 Å². The van der Waals surface area contributed by atoms with Crippen molar-refractivity contribution in [2.75, 3.05) is 0 Å². The molecule has 0 aromatic rings. The standard InChI is InChI=1S/C13H26O/c1-3-5-7-8-9-10-12-13(14)11-6-4-2/h4,13-14H,2-3,5-12H2,1H3/t13-/m1/s1. The highest BCUT2D eigenvalue weighted by Gasteiger charge is 2.01. The van der Waals surface area contributed by atoms with Crippen LogP contribution in [0.4, 0.5) is 0 Å². The van der Waals surface area contributed by atoms with E-state index < -0.39 is 0 Å². The minimum absolute atomic E-state index is 0.0980. The second-order valence-corrected chi connectivity index (χ2v) is 4.08. The monoisotopic (exact) mass is 198 g/mol. The van der Waals surface area contributed by atoms with Gasteiger partial charge in [-0.3, -0.25) is 0 Å². The van der Waals surface area contributed by atoms with Gasteiger partial charge in [-0.1, -0.05) is 51.5 Å². The maximum absolute atomic E-state index is 9.54. The Morgan fingerprint density at radius 3 is 2.36 bits per heavy atom. The quantitative estimate of drug-likeness (QED) is 0.414. The average Bonchev–Trinajstić information content (AvgIpc) is 2.20. The van der Waals surface area contributed by atoms with E-state index in [1.54, 1.807) is 0 Å². The molecule has 1 nitrogen and oxygen atoms in total. The van der Waals surface area contributed by atoms with E-state index in [4.69, 9.17) is 0 Å². The molecular weight excluding hydrogens is 172 g/mol. The van der Waals surface area contributed by atoms with E-state index in [0.717, 1.165) is 19.3 Å². The minimum atomic E-state index is -0.0980. The fourth-order valence-electron chi connectivity index (χ4n) is 1.61. The van der Waals surface area contributed by atoms with Crippen LogP contribution in [0.2, 0.25) is 0 Å². The largest absolute Gasteiger partial charge is 0.393 e. The Morgan fingerprint density at radius 2 is 1.71 bits per heavy atom. The molecular formula is C13H26O. The summed E-state index contributed by atoms with van der Waals surface area (Å²) in [5, 5.41) is 9.54. The summed E-state index contributed by atoms with van der Waals surface area (Å²) in [4.78, 5) is 0. The molecule has 0 aromatic carbocycles. The minimum Gasteiger partial charge on any atom is -0.393 e. The lowest BCUT2D eigenvalue weighted by Gasteiger charge is -2.08. The first kappa shape index (κ1) is 13.7. The topological polar surface area (TPSA) is 20.2 Å². The van der Waals surface area contributed by atoms with Gasteiger partial charge in [0.25, 0.3) is 0 Å². The van der Waals surface area contributed by atoms with E-state index in [9.17, 15) is 5.11 Å². The average molecular weight is 198 g/mol. The van der Waals surface area contributed by atoms with Crippen molar-refractivity contribution < 1.29 is 5.11 Å². The molecule has 0 unspecified atom stereocenters. The molecule has 1 N–H and O–H groups in total. The first-order valence-corrected chi connectivity index (χ1v) is 6.10. The van der Waals surface area contributed by atoms with Crippen molar-refractivity contribution in [3.05, 3.63) is 12.7 Å². The van der Waals surface area contributed by atoms with Gasteiger partial charge in [-0.2, -0.15) is 0 Å². The Bertz CT molecular complexity index is 120. The summed E-state index contributed by atoms with van der Waals surface area (Å²) in [6.45, 7) is 5.89. The summed E-state index contributed by atoms with van der Waals surface area (Å²) in [7, 11) is 0. The molecule has 0 spiro atoms. The van der Waals surface area contributed by atoms with Gasteiger partial charge in [0.2, 0.25) is 0 Å². The molecule has 14 heavy (non-hydrogen) atoms. The van der Waals surface area contributed by atoms with Crippen LogP contribution >= 0.6 is 0 Å². The third-order valence-corrected chi connectivity index (χ3v) is 2.59. The van der Waals surface area contributed by atoms with Gasteiger partial charge in [0.1, 0.15) is 0 Å². The van der Waals surface area contributed by atoms with Crippen LogP contribution in [0.25, 0.3) is 0 Å². The van der Waals surface area contributed by atoms with Crippen LogP contribution in [0, 0.1) is 0 Å². The van der Waals surface area contributed by atoms with Crippen LogP contribution < -0.4 is 0 Å². The van der Waals surface area contributed by atoms with Crippen LogP contribution in [0.3, 0.4) is 0 Å². The number of aliphatic hydroxyl groups excluding tert-OH is 1. The molecule has 0 radical (unpaired) electrons. The Morgan fingerprint density at radius 1 is 1.07 bits per heavy atom. The molecule has 0 aliphatic carbocycles. The van der Waals surface area contributed by atoms with E-state index in [1.165, 1.54) is 38.5 Å². The van der Waals surface area contributed by atoms with E-state index in [2.05, 4.69) is 13.5 Å². The molecule has 0 rings (SSSR count). The predicted octanol–water partition coefficient (Wildman–Crippen LogP) is 4.06. The summed E-state index contributed by atoms with van der Waals surface area (Å²) < 4.78 is 0. The lowest BCUT2D eigenvalue weighted by molar-refractivity contribution is 0.152. The van der Waals surface area contributed by atoms with Crippen molar-refractivity contribution in [1.82, 2.24) is 0 Å². The van der Waals surface area contributed by atoms with Crippen LogP contribution in [-0.4, -0.2) is 11.2 Å². The van der Waals surface area contributed by atoms with Gasteiger partial charge in [-0.05, 0) is 19.3 Å². The molecule has 1 atom stereocenters. The number of unbranched alkanes of at least 4 members (excludes halogenated alkanes) is 5. The van der Waals surface area contributed by atoms with Crippen molar-refractivity contribution in [2.24, 2.45) is 0 Å². The van der Waals surface area contributed by atoms with Gasteiger partial charge in [0.15, 0.2) is 0 Å². The summed E-state index contributed by atoms with van der Waals surface area (Å²) in [5.74, 6) is 0. The third kappa shape index (κ3) is 9.79. The molecule has 1 heteroatoms. The molecule has 0 bridgehead atoms. The normalized spacial score (nSPS) is 12.7. The van der Waals surface area contributed by atoms with Gasteiger partial charge in [-0.15, -0.1) is 6.58 Å². The van der Waals surface area contributed by atoms with E-state index in [1.807, 2.05) is 6.08 Å². The number of aliphatic hydroxyl groups is 1. The molecule has 0 heterocycles. The molecule has 0 fully saturated rings. The van der Waals surface area contributed by atoms with Gasteiger partial charge in [0.05, 0.1) is 6.10 Å². The predicted molar refractivity (Wildman–Crippen MR) is 63.4 cm³/mol. The number of allylic oxidation sites excluding steroid dienone is 1. The maximum atomic E-state index is 9.54. The van der Waals surface area contributed by atoms with Gasteiger partial charge in [0, 0.05) is 0 Å². The van der Waals surface area contributed by atoms with Crippen molar-refractivity contribution in [3.8, 4) is 0 Å². The summed E-state index contributed by atoms with van der Waals surface area (Å²) in [6, 6.07) is 0. The van der Waals surface area contributed by atoms with Crippen LogP contribution in [0.5, 0.6) is 0 Å². The molecule has 0 aromatic heterocycles. The molecule has 0 amide bonds. The molecule has 84 valence electrons. The summed E-state index contributed by atoms with van der Waals surface area (Å²) >= 11 is 0. The van der Waals surface area contributed by atoms with Crippen molar-refractivity contribution in [1.29, 1.82) is 0 Å². The highest BCUT2D eigenvalue weighted by Crippen LogP contribution is 2.11. The van der Waals surface area contributed by atoms with E-state index in [0.29, 0.717) is 0 Å². The lowest BCUT2D eigenvalue weighted by atomic mass is 10.0. The Kier molecular flexibility index (Phi) is 10.5. The molecule has 0 saturated carbocycles. The highest BCUT2D eigenvalue weighted by molar-refractivity contribution is 4.69. The second-order valence-electron chi connectivity index (χ2n) is 4.08. The molecule has 0 aliphatic heterocycles. The fraction of sp³-hybridized carbons (Fsp3) is 0.846. The molecule has 0 saturated heterocycles. The van der Waals surface area contributed by atoms with Crippen LogP contribution in [0.15, 0.2) is 12.7 Å². The Hall–Kier alpha value is -0.300. The number of hydrogen-bond acceptors (Lipinski definition) is 1. The van der Waals surface area contributed by atoms with Crippen molar-refractivity contribution >= 4 is 0 Å².